The van der Waals surface area contributed by atoms with Gasteiger partial charge in [-0.05, 0) is 92.1 Å². The molecule has 4 rings (SSSR count). The van der Waals surface area contributed by atoms with E-state index < -0.39 is 31.6 Å². The van der Waals surface area contributed by atoms with E-state index in [0.717, 1.165) is 27.9 Å². The minimum Gasteiger partial charge on any atom is -0.481 e. The van der Waals surface area contributed by atoms with Crippen molar-refractivity contribution in [3.05, 3.63) is 82.6 Å². The zero-order chi connectivity index (χ0) is 45.6. The first-order valence-electron chi connectivity index (χ1n) is 21.1. The Labute approximate surface area is 366 Å². The van der Waals surface area contributed by atoms with Crippen molar-refractivity contribution in [3.63, 3.8) is 0 Å². The molecule has 3 N–H and O–H groups in total. The lowest BCUT2D eigenvalue weighted by Gasteiger charge is -2.30. The molecule has 2 aliphatic heterocycles. The van der Waals surface area contributed by atoms with Crippen LogP contribution in [-0.2, 0) is 54.8 Å². The Kier molecular flexibility index (Phi) is 18.9. The van der Waals surface area contributed by atoms with Crippen molar-refractivity contribution >= 4 is 38.0 Å². The first kappa shape index (κ1) is 50.7. The Morgan fingerprint density at radius 3 is 2.18 bits per heavy atom. The number of hydrogen-bond donors (Lipinski definition) is 3. The van der Waals surface area contributed by atoms with Gasteiger partial charge in [-0.2, -0.15) is 16.8 Å². The molecule has 0 spiro atoms. The number of carboxylic acids is 1. The van der Waals surface area contributed by atoms with Crippen molar-refractivity contribution in [2.45, 2.75) is 88.9 Å². The monoisotopic (exact) mass is 905 g/mol. The van der Waals surface area contributed by atoms with E-state index in [1.807, 2.05) is 60.9 Å². The van der Waals surface area contributed by atoms with Crippen LogP contribution in [-0.4, -0.2) is 116 Å². The second kappa shape index (κ2) is 23.1. The summed E-state index contributed by atoms with van der Waals surface area (Å²) in [5.74, 6) is 0.0535. The summed E-state index contributed by atoms with van der Waals surface area (Å²) in [6, 6.07) is 12.6. The Morgan fingerprint density at radius 2 is 1.56 bits per heavy atom. The number of hydrogen-bond acceptors (Lipinski definition) is 11. The number of aliphatic carboxylic acids is 1. The number of fused-ring (bicyclic) bond motifs is 2. The summed E-state index contributed by atoms with van der Waals surface area (Å²) < 4.78 is 97.6. The molecule has 0 saturated carbocycles. The quantitative estimate of drug-likeness (QED) is 0.0453. The minimum atomic E-state index is -4.52. The van der Waals surface area contributed by atoms with E-state index in [0.29, 0.717) is 109 Å². The predicted molar refractivity (Wildman–Crippen MR) is 239 cm³/mol. The van der Waals surface area contributed by atoms with Gasteiger partial charge in [-0.15, -0.1) is 0 Å². The van der Waals surface area contributed by atoms with Crippen LogP contribution in [0.15, 0.2) is 69.6 Å². The maximum absolute atomic E-state index is 12.4. The molecule has 15 nitrogen and oxygen atoms in total. The molecule has 1 aromatic rings. The SMILES string of the molecule is CC[N+](CCCS(=O)(=O)O)=c1ccc2c(C(C)(C)C)cc(/C=C/C=C3/N(CCCCCC(=O)O)c4ccc(S(=O)(=O)O)cc4C3(C)CCOCCOCCOCCOC)oc-2c1. The normalized spacial score (nSPS) is 17.1. The number of ether oxygens (including phenoxy) is 4. The summed E-state index contributed by atoms with van der Waals surface area (Å²) in [6.45, 7) is 14.8. The molecule has 3 aliphatic rings. The highest BCUT2D eigenvalue weighted by Gasteiger charge is 2.43. The molecule has 1 aromatic carbocycles. The summed E-state index contributed by atoms with van der Waals surface area (Å²) in [5, 5.41) is 10.1. The van der Waals surface area contributed by atoms with Crippen molar-refractivity contribution < 1.29 is 59.2 Å². The highest BCUT2D eigenvalue weighted by atomic mass is 32.2. The fraction of sp³-hybridized carbons (Fsp3) is 0.556. The van der Waals surface area contributed by atoms with Crippen LogP contribution in [0, 0.1) is 0 Å². The van der Waals surface area contributed by atoms with Crippen molar-refractivity contribution in [3.8, 4) is 11.3 Å². The minimum absolute atomic E-state index is 0.0666. The average Bonchev–Trinajstić information content (AvgIpc) is 3.42. The van der Waals surface area contributed by atoms with Gasteiger partial charge in [0, 0.05) is 61.5 Å². The summed E-state index contributed by atoms with van der Waals surface area (Å²) in [6.07, 6.45) is 8.42. The molecule has 0 aromatic heterocycles. The molecular weight excluding hydrogens is 841 g/mol. The van der Waals surface area contributed by atoms with E-state index in [1.165, 1.54) is 12.1 Å². The Balaban J connectivity index is 1.73. The van der Waals surface area contributed by atoms with Crippen molar-refractivity contribution in [2.24, 2.45) is 0 Å². The highest BCUT2D eigenvalue weighted by molar-refractivity contribution is 7.86. The largest absolute Gasteiger partial charge is 0.481 e. The van der Waals surface area contributed by atoms with E-state index in [9.17, 15) is 35.8 Å². The van der Waals surface area contributed by atoms with Gasteiger partial charge in [0.05, 0.1) is 56.4 Å². The van der Waals surface area contributed by atoms with E-state index >= 15 is 0 Å². The zero-order valence-corrected chi connectivity index (χ0v) is 38.6. The van der Waals surface area contributed by atoms with E-state index in [-0.39, 0.29) is 28.9 Å². The van der Waals surface area contributed by atoms with Gasteiger partial charge in [0.1, 0.15) is 24.6 Å². The maximum Gasteiger partial charge on any atom is 0.303 e. The van der Waals surface area contributed by atoms with Crippen LogP contribution >= 0.6 is 0 Å². The molecule has 0 bridgehead atoms. The van der Waals surface area contributed by atoms with E-state index in [4.69, 9.17) is 23.4 Å². The summed E-state index contributed by atoms with van der Waals surface area (Å²) in [5.41, 5.74) is 3.33. The number of carboxylic acid groups (broad SMARTS) is 1. The summed E-state index contributed by atoms with van der Waals surface area (Å²) >= 11 is 0. The van der Waals surface area contributed by atoms with Gasteiger partial charge in [-0.25, -0.2) is 4.58 Å². The number of carbonyl (C=O) groups is 1. The number of unbranched alkanes of at least 4 members (excludes halogenated alkanes) is 2. The van der Waals surface area contributed by atoms with Crippen molar-refractivity contribution in [2.75, 3.05) is 83.6 Å². The number of rotatable bonds is 26. The molecule has 62 heavy (non-hydrogen) atoms. The lowest BCUT2D eigenvalue weighted by molar-refractivity contribution is -0.137. The molecule has 0 saturated heterocycles. The summed E-state index contributed by atoms with van der Waals surface area (Å²) in [4.78, 5) is 13.1. The third-order valence-electron chi connectivity index (χ3n) is 10.9. The number of allylic oxidation sites excluding steroid dienone is 3. The Hall–Kier alpha value is -3.94. The van der Waals surface area contributed by atoms with Gasteiger partial charge < -0.3 is 33.4 Å². The maximum atomic E-state index is 12.4. The van der Waals surface area contributed by atoms with Crippen LogP contribution in [0.2, 0.25) is 0 Å². The second-order valence-electron chi connectivity index (χ2n) is 16.5. The third kappa shape index (κ3) is 14.8. The first-order chi connectivity index (χ1) is 29.3. The third-order valence-corrected chi connectivity index (χ3v) is 12.5. The second-order valence-corrected chi connectivity index (χ2v) is 19.5. The lowest BCUT2D eigenvalue weighted by Crippen LogP contribution is -2.31. The highest BCUT2D eigenvalue weighted by Crippen LogP contribution is 2.51. The number of nitrogens with zero attached hydrogens (tertiary/aromatic N) is 2. The molecule has 1 aliphatic carbocycles. The number of anilines is 1. The van der Waals surface area contributed by atoms with Gasteiger partial charge >= 0.3 is 5.97 Å². The molecule has 1 atom stereocenters. The van der Waals surface area contributed by atoms with Gasteiger partial charge in [0.25, 0.3) is 20.2 Å². The fourth-order valence-corrected chi connectivity index (χ4v) is 8.62. The first-order valence-corrected chi connectivity index (χ1v) is 24.2. The van der Waals surface area contributed by atoms with Gasteiger partial charge in [0.2, 0.25) is 5.36 Å². The molecule has 0 fully saturated rings. The smallest absolute Gasteiger partial charge is 0.303 e. The lowest BCUT2D eigenvalue weighted by atomic mass is 9.78. The van der Waals surface area contributed by atoms with Crippen LogP contribution in [0.3, 0.4) is 0 Å². The standard InChI is InChI=1S/C45H64N2O13S2/c1-7-46(21-12-30-61(50,51)52)34-16-18-37-38(44(2,3)4)32-35(60-41(37)31-34)13-11-14-42-45(5,20-23-57-26-27-59-29-28-58-25-24-56-6)39-33-36(62(53,54)55)17-19-40(39)47(42)22-10-8-9-15-43(48)49/h11,13-14,16-19,31-33H,7-10,12,15,20-30H2,1-6H3,(H2-,48,49,50,51,52,53,54,55)/p+1. The fourth-order valence-electron chi connectivity index (χ4n) is 7.61. The van der Waals surface area contributed by atoms with Crippen LogP contribution in [0.25, 0.3) is 17.4 Å². The predicted octanol–water partition coefficient (Wildman–Crippen LogP) is 6.40. The van der Waals surface area contributed by atoms with E-state index in [2.05, 4.69) is 25.7 Å². The Bertz CT molecular complexity index is 2280. The molecular formula is C45H65N2O13S2+. The number of benzene rings is 2. The molecule has 17 heteroatoms. The topological polar surface area (TPSA) is 202 Å². The molecule has 1 unspecified atom stereocenters. The van der Waals surface area contributed by atoms with Crippen LogP contribution in [0.5, 0.6) is 0 Å². The van der Waals surface area contributed by atoms with Crippen LogP contribution in [0.1, 0.15) is 90.0 Å². The van der Waals surface area contributed by atoms with Crippen molar-refractivity contribution in [1.82, 2.24) is 4.58 Å². The number of methoxy groups -OCH3 is 1. The Morgan fingerprint density at radius 1 is 0.887 bits per heavy atom. The average molecular weight is 906 g/mol. The van der Waals surface area contributed by atoms with E-state index in [1.54, 1.807) is 13.2 Å². The van der Waals surface area contributed by atoms with Crippen LogP contribution in [0.4, 0.5) is 5.69 Å². The summed E-state index contributed by atoms with van der Waals surface area (Å²) in [7, 11) is -6.98. The van der Waals surface area contributed by atoms with Crippen LogP contribution < -0.4 is 14.8 Å². The molecule has 344 valence electrons. The van der Waals surface area contributed by atoms with Crippen molar-refractivity contribution in [1.29, 1.82) is 0 Å². The molecule has 0 radical (unpaired) electrons. The molecule has 2 heterocycles. The van der Waals surface area contributed by atoms with Gasteiger partial charge in [-0.3, -0.25) is 13.9 Å². The van der Waals surface area contributed by atoms with Gasteiger partial charge in [-0.1, -0.05) is 33.3 Å². The zero-order valence-electron chi connectivity index (χ0n) is 36.9. The van der Waals surface area contributed by atoms with Gasteiger partial charge in [0.15, 0.2) is 0 Å². The molecule has 0 amide bonds.